The number of halogens is 2. The van der Waals surface area contributed by atoms with E-state index in [0.717, 1.165) is 11.3 Å². The highest BCUT2D eigenvalue weighted by Crippen LogP contribution is 2.17. The minimum absolute atomic E-state index is 0.367. The summed E-state index contributed by atoms with van der Waals surface area (Å²) in [5, 5.41) is 12.1. The van der Waals surface area contributed by atoms with Gasteiger partial charge in [0.15, 0.2) is 0 Å². The standard InChI is InChI=1S/C16H23Cl2N3O5/c1-12(26-21(23)24)25-16(22)15(19-2)11-13-3-5-14(6-4-13)20(9-7-17)10-8-18/h3-6,12,15,19H,7-11H2,1-2H3/t12?,15-/m0/s1. The van der Waals surface area contributed by atoms with Gasteiger partial charge in [-0.05, 0) is 38.1 Å². The summed E-state index contributed by atoms with van der Waals surface area (Å²) in [4.78, 5) is 28.6. The Kier molecular flexibility index (Phi) is 10.1. The maximum atomic E-state index is 12.1. The average molecular weight is 408 g/mol. The number of rotatable bonds is 12. The first-order valence-corrected chi connectivity index (χ1v) is 9.12. The van der Waals surface area contributed by atoms with E-state index in [1.54, 1.807) is 7.05 Å². The van der Waals surface area contributed by atoms with Gasteiger partial charge in [-0.1, -0.05) is 12.1 Å². The van der Waals surface area contributed by atoms with E-state index in [-0.39, 0.29) is 0 Å². The predicted octanol–water partition coefficient (Wildman–Crippen LogP) is 2.20. The predicted molar refractivity (Wildman–Crippen MR) is 100 cm³/mol. The van der Waals surface area contributed by atoms with Crippen molar-refractivity contribution < 1.29 is 19.5 Å². The number of hydrogen-bond donors (Lipinski definition) is 1. The topological polar surface area (TPSA) is 93.9 Å². The van der Waals surface area contributed by atoms with Crippen LogP contribution in [-0.2, 0) is 20.8 Å². The fraction of sp³-hybridized carbons (Fsp3) is 0.562. The van der Waals surface area contributed by atoms with Crippen LogP contribution in [0.4, 0.5) is 5.69 Å². The molecule has 0 aliphatic carbocycles. The first kappa shape index (κ1) is 22.3. The Hall–Kier alpha value is -1.77. The molecule has 1 N–H and O–H groups in total. The molecule has 26 heavy (non-hydrogen) atoms. The molecule has 0 aromatic heterocycles. The van der Waals surface area contributed by atoms with Crippen molar-refractivity contribution in [3.05, 3.63) is 39.9 Å². The van der Waals surface area contributed by atoms with Crippen LogP contribution in [-0.4, -0.2) is 55.3 Å². The minimum atomic E-state index is -1.27. The van der Waals surface area contributed by atoms with Crippen molar-refractivity contribution in [2.45, 2.75) is 25.7 Å². The molecule has 0 aliphatic rings. The molecule has 8 nitrogen and oxygen atoms in total. The van der Waals surface area contributed by atoms with Crippen LogP contribution in [0.15, 0.2) is 24.3 Å². The third-order valence-corrected chi connectivity index (χ3v) is 3.94. The van der Waals surface area contributed by atoms with Crippen molar-refractivity contribution in [2.24, 2.45) is 0 Å². The Morgan fingerprint density at radius 2 is 1.85 bits per heavy atom. The molecule has 0 saturated carbocycles. The number of esters is 1. The number of hydrogen-bond acceptors (Lipinski definition) is 7. The van der Waals surface area contributed by atoms with Gasteiger partial charge in [-0.3, -0.25) is 9.63 Å². The summed E-state index contributed by atoms with van der Waals surface area (Å²) in [7, 11) is 1.61. The third-order valence-electron chi connectivity index (χ3n) is 3.60. The molecule has 0 bridgehead atoms. The van der Waals surface area contributed by atoms with Gasteiger partial charge in [0, 0.05) is 30.5 Å². The lowest BCUT2D eigenvalue weighted by Crippen LogP contribution is -2.39. The lowest BCUT2D eigenvalue weighted by Gasteiger charge is -2.23. The van der Waals surface area contributed by atoms with Crippen LogP contribution in [0, 0.1) is 10.1 Å². The molecule has 1 unspecified atom stereocenters. The molecule has 2 atom stereocenters. The Bertz CT molecular complexity index is 568. The Balaban J connectivity index is 2.70. The highest BCUT2D eigenvalue weighted by molar-refractivity contribution is 6.18. The summed E-state index contributed by atoms with van der Waals surface area (Å²) in [5.41, 5.74) is 1.90. The summed E-state index contributed by atoms with van der Waals surface area (Å²) in [6.07, 6.45) is -0.901. The van der Waals surface area contributed by atoms with E-state index >= 15 is 0 Å². The van der Waals surface area contributed by atoms with Crippen LogP contribution < -0.4 is 10.2 Å². The SMILES string of the molecule is CN[C@@H](Cc1ccc(N(CCCl)CCCl)cc1)C(=O)OC(C)O[N+](=O)[O-]. The van der Waals surface area contributed by atoms with E-state index in [0.29, 0.717) is 31.3 Å². The largest absolute Gasteiger partial charge is 0.434 e. The van der Waals surface area contributed by atoms with E-state index in [4.69, 9.17) is 27.9 Å². The fourth-order valence-electron chi connectivity index (χ4n) is 2.34. The fourth-order valence-corrected chi connectivity index (χ4v) is 2.75. The molecule has 0 saturated heterocycles. The second-order valence-electron chi connectivity index (χ2n) is 5.41. The molecular weight excluding hydrogens is 385 g/mol. The second kappa shape index (κ2) is 11.8. The molecule has 146 valence electrons. The zero-order valence-corrected chi connectivity index (χ0v) is 16.2. The number of nitrogens with zero attached hydrogens (tertiary/aromatic N) is 2. The molecule has 0 heterocycles. The molecule has 1 aromatic carbocycles. The van der Waals surface area contributed by atoms with Gasteiger partial charge in [0.2, 0.25) is 6.29 Å². The molecule has 0 spiro atoms. The number of nitrogens with one attached hydrogen (secondary N) is 1. The molecule has 1 aromatic rings. The number of likely N-dealkylation sites (N-methyl/N-ethyl adjacent to an activating group) is 1. The summed E-state index contributed by atoms with van der Waals surface area (Å²) >= 11 is 11.6. The first-order valence-electron chi connectivity index (χ1n) is 8.06. The molecule has 0 fully saturated rings. The van der Waals surface area contributed by atoms with Gasteiger partial charge in [-0.15, -0.1) is 33.3 Å². The van der Waals surface area contributed by atoms with Crippen molar-refractivity contribution in [1.82, 2.24) is 5.32 Å². The summed E-state index contributed by atoms with van der Waals surface area (Å²) in [6.45, 7) is 2.66. The maximum Gasteiger partial charge on any atom is 0.325 e. The Morgan fingerprint density at radius 3 is 2.31 bits per heavy atom. The Labute approximate surface area is 162 Å². The van der Waals surface area contributed by atoms with Crippen LogP contribution in [0.3, 0.4) is 0 Å². The van der Waals surface area contributed by atoms with Gasteiger partial charge >= 0.3 is 5.97 Å². The van der Waals surface area contributed by atoms with Gasteiger partial charge in [-0.25, -0.2) is 0 Å². The van der Waals surface area contributed by atoms with Gasteiger partial charge < -0.3 is 15.0 Å². The lowest BCUT2D eigenvalue weighted by molar-refractivity contribution is -0.777. The molecule has 0 radical (unpaired) electrons. The summed E-state index contributed by atoms with van der Waals surface area (Å²) in [6, 6.07) is 7.02. The monoisotopic (exact) mass is 407 g/mol. The van der Waals surface area contributed by atoms with Crippen molar-refractivity contribution in [3.8, 4) is 0 Å². The molecule has 0 amide bonds. The number of anilines is 1. The van der Waals surface area contributed by atoms with E-state index in [2.05, 4.69) is 15.1 Å². The van der Waals surface area contributed by atoms with Gasteiger partial charge in [0.1, 0.15) is 6.04 Å². The number of alkyl halides is 2. The highest BCUT2D eigenvalue weighted by Gasteiger charge is 2.22. The first-order chi connectivity index (χ1) is 12.4. The summed E-state index contributed by atoms with van der Waals surface area (Å²) in [5.74, 6) is 0.366. The molecular formula is C16H23Cl2N3O5. The zero-order valence-electron chi connectivity index (χ0n) is 14.7. The molecule has 1 rings (SSSR count). The number of benzene rings is 1. The van der Waals surface area contributed by atoms with E-state index in [1.165, 1.54) is 6.92 Å². The normalized spacial score (nSPS) is 12.9. The quantitative estimate of drug-likeness (QED) is 0.186. The highest BCUT2D eigenvalue weighted by atomic mass is 35.5. The van der Waals surface area contributed by atoms with Gasteiger partial charge in [-0.2, -0.15) is 0 Å². The van der Waals surface area contributed by atoms with Crippen LogP contribution in [0.25, 0.3) is 0 Å². The van der Waals surface area contributed by atoms with Crippen LogP contribution in [0.2, 0.25) is 0 Å². The van der Waals surface area contributed by atoms with Gasteiger partial charge in [0.05, 0.1) is 0 Å². The van der Waals surface area contributed by atoms with E-state index in [9.17, 15) is 14.9 Å². The van der Waals surface area contributed by atoms with E-state index in [1.807, 2.05) is 24.3 Å². The second-order valence-corrected chi connectivity index (χ2v) is 6.17. The summed E-state index contributed by atoms with van der Waals surface area (Å²) < 4.78 is 4.91. The van der Waals surface area contributed by atoms with Crippen molar-refractivity contribution >= 4 is 34.9 Å². The van der Waals surface area contributed by atoms with Crippen LogP contribution in [0.1, 0.15) is 12.5 Å². The van der Waals surface area contributed by atoms with Crippen molar-refractivity contribution in [2.75, 3.05) is 36.8 Å². The van der Waals surface area contributed by atoms with Crippen molar-refractivity contribution in [3.63, 3.8) is 0 Å². The Morgan fingerprint density at radius 1 is 1.27 bits per heavy atom. The zero-order chi connectivity index (χ0) is 19.5. The molecule has 10 heteroatoms. The maximum absolute atomic E-state index is 12.1. The number of carbonyl (C=O) groups is 1. The average Bonchev–Trinajstić information content (AvgIpc) is 2.59. The lowest BCUT2D eigenvalue weighted by atomic mass is 10.1. The van der Waals surface area contributed by atoms with Crippen molar-refractivity contribution in [1.29, 1.82) is 0 Å². The van der Waals surface area contributed by atoms with E-state index < -0.39 is 23.4 Å². The minimum Gasteiger partial charge on any atom is -0.434 e. The number of ether oxygens (including phenoxy) is 1. The third kappa shape index (κ3) is 7.63. The van der Waals surface area contributed by atoms with Crippen LogP contribution in [0.5, 0.6) is 0 Å². The van der Waals surface area contributed by atoms with Gasteiger partial charge in [0.25, 0.3) is 5.09 Å². The van der Waals surface area contributed by atoms with Crippen LogP contribution >= 0.6 is 23.2 Å². The number of carbonyl (C=O) groups excluding carboxylic acids is 1. The smallest absolute Gasteiger partial charge is 0.325 e. The molecule has 0 aliphatic heterocycles.